The number of nitrogens with zero attached hydrogens (tertiary/aromatic N) is 3. The summed E-state index contributed by atoms with van der Waals surface area (Å²) >= 11 is 0. The van der Waals surface area contributed by atoms with Gasteiger partial charge in [-0.1, -0.05) is 60.2 Å². The van der Waals surface area contributed by atoms with Crippen LogP contribution in [0.2, 0.25) is 0 Å². The summed E-state index contributed by atoms with van der Waals surface area (Å²) in [4.78, 5) is 7.01. The molecule has 0 spiro atoms. The number of fused-ring (bicyclic) bond motifs is 9. The lowest BCUT2D eigenvalue weighted by Crippen LogP contribution is -2.10. The molecule has 0 aliphatic heterocycles. The first-order valence-corrected chi connectivity index (χ1v) is 24.2. The smallest absolute Gasteiger partial charge is 0.135 e. The van der Waals surface area contributed by atoms with Crippen molar-refractivity contribution < 1.29 is 13.3 Å². The van der Waals surface area contributed by atoms with Crippen molar-refractivity contribution in [2.24, 2.45) is 0 Å². The summed E-state index contributed by atoms with van der Waals surface area (Å²) in [6.07, 6.45) is 0. The number of hydrogen-bond donors (Lipinski definition) is 0. The summed E-state index contributed by atoms with van der Waals surface area (Å²) in [5.41, 5.74) is 20.5. The van der Waals surface area contributed by atoms with Crippen LogP contribution in [0.1, 0.15) is 27.8 Å². The maximum atomic E-state index is 6.63. The van der Waals surface area contributed by atoms with Gasteiger partial charge in [-0.05, 0) is 209 Å². The quantitative estimate of drug-likeness (QED) is 0.144. The maximum Gasteiger partial charge on any atom is 0.135 e. The minimum Gasteiger partial charge on any atom is -0.456 e. The second-order valence-electron chi connectivity index (χ2n) is 19.1. The van der Waals surface area contributed by atoms with Crippen LogP contribution in [0.5, 0.6) is 0 Å². The fraction of sp³-hybridized carbons (Fsp3) is 0.0769. The molecule has 13 rings (SSSR count). The Morgan fingerprint density at radius 3 is 0.676 bits per heavy atom. The van der Waals surface area contributed by atoms with Gasteiger partial charge in [0.1, 0.15) is 33.5 Å². The van der Waals surface area contributed by atoms with Crippen LogP contribution >= 0.6 is 0 Å². The molecule has 0 bridgehead atoms. The molecular formula is C65H49N3O3. The molecule has 6 heteroatoms. The minimum atomic E-state index is 0.824. The van der Waals surface area contributed by atoms with Crippen molar-refractivity contribution in [3.63, 3.8) is 0 Å². The van der Waals surface area contributed by atoms with Gasteiger partial charge in [-0.25, -0.2) is 0 Å². The fourth-order valence-corrected chi connectivity index (χ4v) is 10.5. The number of hydrogen-bond acceptors (Lipinski definition) is 6. The molecule has 3 heterocycles. The van der Waals surface area contributed by atoms with Crippen LogP contribution in [0.25, 0.3) is 65.8 Å². The van der Waals surface area contributed by atoms with E-state index in [1.807, 2.05) is 0 Å². The van der Waals surface area contributed by atoms with Crippen molar-refractivity contribution in [3.05, 3.63) is 234 Å². The van der Waals surface area contributed by atoms with Gasteiger partial charge in [0.25, 0.3) is 0 Å². The molecule has 0 fully saturated rings. The average molecular weight is 920 g/mol. The molecule has 0 amide bonds. The predicted octanol–water partition coefficient (Wildman–Crippen LogP) is 19.3. The van der Waals surface area contributed by atoms with Gasteiger partial charge in [0.15, 0.2) is 0 Å². The normalized spacial score (nSPS) is 11.7. The number of benzene rings is 10. The highest BCUT2D eigenvalue weighted by Gasteiger charge is 2.22. The highest BCUT2D eigenvalue weighted by atomic mass is 16.3. The predicted molar refractivity (Wildman–Crippen MR) is 296 cm³/mol. The zero-order chi connectivity index (χ0) is 47.9. The Labute approximate surface area is 411 Å². The van der Waals surface area contributed by atoms with Crippen molar-refractivity contribution >= 4 is 117 Å². The van der Waals surface area contributed by atoms with Crippen molar-refractivity contribution in [1.82, 2.24) is 0 Å². The standard InChI is InChI=1S/C65H49N3O3/c1-40-10-6-14-45(30-40)66(46-15-7-11-41(2)31-46)49-19-26-62-56(36-49)57-38-52(22-28-63(57)70-62)68(48-17-9-13-43(4)33-48)53-23-29-65-59(39-53)58-37-51(21-27-64(58)71-65)67(47-16-8-12-42(3)32-47)50-20-25-61-55(35-50)54-34-44(5)18-24-60(54)69-61/h6-39H,1-5H3. The Morgan fingerprint density at radius 2 is 0.423 bits per heavy atom. The van der Waals surface area contributed by atoms with Crippen LogP contribution in [-0.4, -0.2) is 0 Å². The van der Waals surface area contributed by atoms with Gasteiger partial charge in [0.2, 0.25) is 0 Å². The molecule has 0 saturated heterocycles. The highest BCUT2D eigenvalue weighted by molar-refractivity contribution is 6.11. The first kappa shape index (κ1) is 42.1. The molecule has 0 radical (unpaired) electrons. The van der Waals surface area contributed by atoms with E-state index in [-0.39, 0.29) is 0 Å². The third-order valence-electron chi connectivity index (χ3n) is 13.8. The Bertz CT molecular complexity index is 4180. The molecule has 0 aliphatic rings. The van der Waals surface area contributed by atoms with Crippen LogP contribution in [0.4, 0.5) is 51.2 Å². The highest BCUT2D eigenvalue weighted by Crippen LogP contribution is 2.45. The summed E-state index contributed by atoms with van der Waals surface area (Å²) in [5, 5.41) is 6.34. The second-order valence-corrected chi connectivity index (χ2v) is 19.1. The zero-order valence-corrected chi connectivity index (χ0v) is 40.2. The van der Waals surface area contributed by atoms with Crippen LogP contribution < -0.4 is 14.7 Å². The van der Waals surface area contributed by atoms with Crippen molar-refractivity contribution in [1.29, 1.82) is 0 Å². The SMILES string of the molecule is Cc1cccc(N(c2cccc(C)c2)c2ccc3oc4ccc(N(c5cccc(C)c5)c5ccc6oc7ccc(N(c8cccc(C)c8)c8ccc9oc%10ccc(C)cc%10c9c8)cc7c6c5)cc4c3c2)c1. The number of rotatable bonds is 9. The molecule has 0 N–H and O–H groups in total. The summed E-state index contributed by atoms with van der Waals surface area (Å²) < 4.78 is 19.5. The summed E-state index contributed by atoms with van der Waals surface area (Å²) in [5.74, 6) is 0. The lowest BCUT2D eigenvalue weighted by molar-refractivity contribution is 0.668. The van der Waals surface area contributed by atoms with Crippen LogP contribution in [-0.2, 0) is 0 Å². The first-order valence-electron chi connectivity index (χ1n) is 24.2. The first-order chi connectivity index (χ1) is 34.7. The summed E-state index contributed by atoms with van der Waals surface area (Å²) in [7, 11) is 0. The molecule has 342 valence electrons. The largest absolute Gasteiger partial charge is 0.456 e. The molecule has 0 unspecified atom stereocenters. The number of aryl methyl sites for hydroxylation is 5. The van der Waals surface area contributed by atoms with Gasteiger partial charge in [0, 0.05) is 83.5 Å². The number of anilines is 9. The van der Waals surface area contributed by atoms with E-state index in [2.05, 4.69) is 256 Å². The van der Waals surface area contributed by atoms with Crippen molar-refractivity contribution in [3.8, 4) is 0 Å². The molecule has 0 saturated carbocycles. The van der Waals surface area contributed by atoms with E-state index in [9.17, 15) is 0 Å². The molecule has 71 heavy (non-hydrogen) atoms. The third-order valence-corrected chi connectivity index (χ3v) is 13.8. The van der Waals surface area contributed by atoms with Gasteiger partial charge in [0.05, 0.1) is 0 Å². The minimum absolute atomic E-state index is 0.824. The molecular weight excluding hydrogens is 871 g/mol. The van der Waals surface area contributed by atoms with E-state index >= 15 is 0 Å². The van der Waals surface area contributed by atoms with Gasteiger partial charge < -0.3 is 28.0 Å². The van der Waals surface area contributed by atoms with E-state index in [0.29, 0.717) is 0 Å². The molecule has 0 aliphatic carbocycles. The maximum absolute atomic E-state index is 6.63. The van der Waals surface area contributed by atoms with Gasteiger partial charge in [-0.15, -0.1) is 0 Å². The topological polar surface area (TPSA) is 49.1 Å². The molecule has 6 nitrogen and oxygen atoms in total. The second kappa shape index (κ2) is 16.6. The Morgan fingerprint density at radius 1 is 0.211 bits per heavy atom. The Balaban J connectivity index is 0.954. The van der Waals surface area contributed by atoms with Crippen LogP contribution in [0.15, 0.2) is 220 Å². The zero-order valence-electron chi connectivity index (χ0n) is 40.2. The lowest BCUT2D eigenvalue weighted by Gasteiger charge is -2.26. The van der Waals surface area contributed by atoms with E-state index in [1.54, 1.807) is 0 Å². The van der Waals surface area contributed by atoms with Gasteiger partial charge in [-0.2, -0.15) is 0 Å². The lowest BCUT2D eigenvalue weighted by atomic mass is 10.1. The van der Waals surface area contributed by atoms with E-state index < -0.39 is 0 Å². The Kier molecular flexibility index (Phi) is 9.85. The van der Waals surface area contributed by atoms with Crippen molar-refractivity contribution in [2.45, 2.75) is 34.6 Å². The van der Waals surface area contributed by atoms with E-state index in [4.69, 9.17) is 13.3 Å². The monoisotopic (exact) mass is 919 g/mol. The summed E-state index contributed by atoms with van der Waals surface area (Å²) in [6, 6.07) is 73.8. The van der Waals surface area contributed by atoms with E-state index in [0.717, 1.165) is 117 Å². The van der Waals surface area contributed by atoms with Gasteiger partial charge in [-0.3, -0.25) is 0 Å². The number of furan rings is 3. The molecule has 10 aromatic carbocycles. The summed E-state index contributed by atoms with van der Waals surface area (Å²) in [6.45, 7) is 10.7. The third kappa shape index (κ3) is 7.43. The fourth-order valence-electron chi connectivity index (χ4n) is 10.5. The average Bonchev–Trinajstić information content (AvgIpc) is 4.05. The van der Waals surface area contributed by atoms with Crippen molar-refractivity contribution in [2.75, 3.05) is 14.7 Å². The van der Waals surface area contributed by atoms with Crippen LogP contribution in [0.3, 0.4) is 0 Å². The molecule has 13 aromatic rings. The van der Waals surface area contributed by atoms with Gasteiger partial charge >= 0.3 is 0 Å². The van der Waals surface area contributed by atoms with Crippen LogP contribution in [0, 0.1) is 34.6 Å². The molecule has 3 aromatic heterocycles. The molecule has 0 atom stereocenters. The Hall–Kier alpha value is -9.00. The van der Waals surface area contributed by atoms with E-state index in [1.165, 1.54) is 27.8 Å².